The van der Waals surface area contributed by atoms with Crippen molar-refractivity contribution in [1.29, 1.82) is 0 Å². The zero-order valence-electron chi connectivity index (χ0n) is 5.91. The van der Waals surface area contributed by atoms with Gasteiger partial charge in [-0.05, 0) is 28.7 Å². The molecule has 1 aromatic rings. The van der Waals surface area contributed by atoms with Crippen molar-refractivity contribution in [3.8, 4) is 0 Å². The summed E-state index contributed by atoms with van der Waals surface area (Å²) >= 11 is 1.35. The van der Waals surface area contributed by atoms with Gasteiger partial charge in [-0.1, -0.05) is 0 Å². The number of carbonyl (C=O) groups is 1. The molecule has 1 aromatic carbocycles. The van der Waals surface area contributed by atoms with Crippen LogP contribution in [-0.4, -0.2) is 5.97 Å². The minimum Gasteiger partial charge on any atom is -0.545 e. The van der Waals surface area contributed by atoms with Gasteiger partial charge < -0.3 is 9.90 Å². The smallest absolute Gasteiger partial charge is 0.196 e. The number of aromatic carboxylic acids is 1. The molecule has 0 fully saturated rings. The Morgan fingerprint density at radius 2 is 1.77 bits per heavy atom. The van der Waals surface area contributed by atoms with E-state index in [1.165, 1.54) is 22.6 Å². The van der Waals surface area contributed by atoms with Crippen LogP contribution in [0.3, 0.4) is 0 Å². The molecule has 0 aromatic heterocycles. The zero-order chi connectivity index (χ0) is 10.2. The molecule has 13 heavy (non-hydrogen) atoms. The zero-order valence-corrected chi connectivity index (χ0v) is 8.06. The lowest BCUT2D eigenvalue weighted by molar-refractivity contribution is -0.255. The highest BCUT2D eigenvalue weighted by Crippen LogP contribution is 2.20. The quantitative estimate of drug-likeness (QED) is 0.442. The minimum atomic E-state index is -1.88. The maximum atomic E-state index is 12.7. The number of rotatable bonds is 1. The molecule has 0 saturated carbocycles. The van der Waals surface area contributed by atoms with E-state index in [2.05, 4.69) is 0 Å². The van der Waals surface area contributed by atoms with E-state index >= 15 is 0 Å². The highest BCUT2D eigenvalue weighted by atomic mass is 127. The summed E-state index contributed by atoms with van der Waals surface area (Å²) in [4.78, 5) is 10.2. The predicted octanol–water partition coefficient (Wildman–Crippen LogP) is 1.07. The van der Waals surface area contributed by atoms with Gasteiger partial charge in [0.25, 0.3) is 0 Å². The molecule has 70 valence electrons. The predicted molar refractivity (Wildman–Crippen MR) is 43.4 cm³/mol. The second-order valence-electron chi connectivity index (χ2n) is 2.14. The Hall–Kier alpha value is -0.790. The number of carboxylic acid groups (broad SMARTS) is 1. The molecule has 0 amide bonds. The van der Waals surface area contributed by atoms with Crippen LogP contribution >= 0.6 is 22.6 Å². The van der Waals surface area contributed by atoms with Crippen LogP contribution in [0, 0.1) is 21.0 Å². The lowest BCUT2D eigenvalue weighted by atomic mass is 10.2. The van der Waals surface area contributed by atoms with E-state index in [1.807, 2.05) is 0 Å². The van der Waals surface area contributed by atoms with Gasteiger partial charge in [0, 0.05) is 5.56 Å². The van der Waals surface area contributed by atoms with Gasteiger partial charge >= 0.3 is 0 Å². The largest absolute Gasteiger partial charge is 0.545 e. The fourth-order valence-corrected chi connectivity index (χ4v) is 1.27. The SMILES string of the molecule is O=C([O-])c1cc(I)c(F)c(F)c1F. The molecule has 0 radical (unpaired) electrons. The Labute approximate surface area is 84.5 Å². The lowest BCUT2D eigenvalue weighted by Crippen LogP contribution is -2.24. The highest BCUT2D eigenvalue weighted by molar-refractivity contribution is 14.1. The van der Waals surface area contributed by atoms with Gasteiger partial charge in [-0.3, -0.25) is 0 Å². The molecule has 0 spiro atoms. The number of carbonyl (C=O) groups excluding carboxylic acids is 1. The Morgan fingerprint density at radius 3 is 2.23 bits per heavy atom. The molecular formula is C7HF3IO2-. The molecule has 0 aliphatic rings. The van der Waals surface area contributed by atoms with Crippen LogP contribution in [0.4, 0.5) is 13.2 Å². The first-order valence-corrected chi connectivity index (χ1v) is 4.07. The molecule has 0 aliphatic carbocycles. The van der Waals surface area contributed by atoms with E-state index in [0.29, 0.717) is 6.07 Å². The summed E-state index contributed by atoms with van der Waals surface area (Å²) in [6, 6.07) is 0.670. The molecule has 2 nitrogen and oxygen atoms in total. The van der Waals surface area contributed by atoms with E-state index in [9.17, 15) is 23.1 Å². The maximum Gasteiger partial charge on any atom is 0.196 e. The van der Waals surface area contributed by atoms with E-state index in [0.717, 1.165) is 0 Å². The number of hydrogen-bond acceptors (Lipinski definition) is 2. The topological polar surface area (TPSA) is 40.1 Å². The second-order valence-corrected chi connectivity index (χ2v) is 3.30. The number of benzene rings is 1. The molecule has 0 N–H and O–H groups in total. The van der Waals surface area contributed by atoms with E-state index in [1.54, 1.807) is 0 Å². The van der Waals surface area contributed by atoms with Crippen molar-refractivity contribution in [3.05, 3.63) is 32.7 Å². The molecule has 0 heterocycles. The van der Waals surface area contributed by atoms with Crippen molar-refractivity contribution in [2.24, 2.45) is 0 Å². The second kappa shape index (κ2) is 3.52. The van der Waals surface area contributed by atoms with Gasteiger partial charge in [0.15, 0.2) is 17.5 Å². The Bertz CT molecular complexity index is 378. The molecule has 0 atom stereocenters. The lowest BCUT2D eigenvalue weighted by Gasteiger charge is -2.06. The molecule has 0 unspecified atom stereocenters. The fraction of sp³-hybridized carbons (Fsp3) is 0. The summed E-state index contributed by atoms with van der Waals surface area (Å²) in [6.07, 6.45) is 0. The summed E-state index contributed by atoms with van der Waals surface area (Å²) in [5.41, 5.74) is -0.983. The van der Waals surface area contributed by atoms with Crippen LogP contribution in [0.5, 0.6) is 0 Å². The van der Waals surface area contributed by atoms with Gasteiger partial charge in [-0.25, -0.2) is 13.2 Å². The van der Waals surface area contributed by atoms with Crippen LogP contribution < -0.4 is 5.11 Å². The van der Waals surface area contributed by atoms with Gasteiger partial charge in [-0.15, -0.1) is 0 Å². The van der Waals surface area contributed by atoms with Gasteiger partial charge in [-0.2, -0.15) is 0 Å². The normalized spacial score (nSPS) is 10.2. The van der Waals surface area contributed by atoms with Crippen molar-refractivity contribution >= 4 is 28.6 Å². The monoisotopic (exact) mass is 301 g/mol. The average molecular weight is 301 g/mol. The van der Waals surface area contributed by atoms with Crippen LogP contribution in [0.15, 0.2) is 6.07 Å². The van der Waals surface area contributed by atoms with Crippen LogP contribution in [0.1, 0.15) is 10.4 Å². The first-order chi connectivity index (χ1) is 5.95. The summed E-state index contributed by atoms with van der Waals surface area (Å²) in [5, 5.41) is 10.2. The summed E-state index contributed by atoms with van der Waals surface area (Å²) in [7, 11) is 0. The summed E-state index contributed by atoms with van der Waals surface area (Å²) < 4.78 is 37.5. The van der Waals surface area contributed by atoms with Crippen LogP contribution in [0.2, 0.25) is 0 Å². The number of carboxylic acids is 1. The molecule has 6 heteroatoms. The van der Waals surface area contributed by atoms with Gasteiger partial charge in [0.1, 0.15) is 0 Å². The van der Waals surface area contributed by atoms with Crippen LogP contribution in [0.25, 0.3) is 0 Å². The first-order valence-electron chi connectivity index (χ1n) is 2.99. The molecule has 0 saturated heterocycles. The third-order valence-electron chi connectivity index (χ3n) is 1.32. The molecule has 0 bridgehead atoms. The maximum absolute atomic E-state index is 12.7. The van der Waals surface area contributed by atoms with Crippen molar-refractivity contribution in [3.63, 3.8) is 0 Å². The minimum absolute atomic E-state index is 0.310. The Balaban J connectivity index is 3.50. The third-order valence-corrected chi connectivity index (χ3v) is 2.11. The standard InChI is InChI=1S/C7H2F3IO2/c8-4-2(7(12)13)1-3(11)5(9)6(4)10/h1H,(H,12,13)/p-1. The number of halogens is 4. The number of hydrogen-bond donors (Lipinski definition) is 0. The van der Waals surface area contributed by atoms with Crippen molar-refractivity contribution in [1.82, 2.24) is 0 Å². The Morgan fingerprint density at radius 1 is 1.23 bits per heavy atom. The Kier molecular flexibility index (Phi) is 2.79. The van der Waals surface area contributed by atoms with Gasteiger partial charge in [0.2, 0.25) is 0 Å². The highest BCUT2D eigenvalue weighted by Gasteiger charge is 2.17. The van der Waals surface area contributed by atoms with E-state index in [4.69, 9.17) is 0 Å². The van der Waals surface area contributed by atoms with Crippen molar-refractivity contribution < 1.29 is 23.1 Å². The van der Waals surface area contributed by atoms with Crippen molar-refractivity contribution in [2.45, 2.75) is 0 Å². The van der Waals surface area contributed by atoms with Crippen molar-refractivity contribution in [2.75, 3.05) is 0 Å². The van der Waals surface area contributed by atoms with E-state index < -0.39 is 29.0 Å². The summed E-state index contributed by atoms with van der Waals surface area (Å²) in [5.74, 6) is -6.82. The first kappa shape index (κ1) is 10.3. The van der Waals surface area contributed by atoms with E-state index in [-0.39, 0.29) is 3.57 Å². The van der Waals surface area contributed by atoms with Gasteiger partial charge in [0.05, 0.1) is 9.54 Å². The third kappa shape index (κ3) is 1.77. The van der Waals surface area contributed by atoms with Crippen LogP contribution in [-0.2, 0) is 0 Å². The summed E-state index contributed by atoms with van der Waals surface area (Å²) in [6.45, 7) is 0. The molecule has 1 rings (SSSR count). The average Bonchev–Trinajstić information content (AvgIpc) is 2.07. The molecule has 0 aliphatic heterocycles. The molecular weight excluding hydrogens is 300 g/mol. The fourth-order valence-electron chi connectivity index (χ4n) is 0.721.